The van der Waals surface area contributed by atoms with Gasteiger partial charge in [0.1, 0.15) is 6.61 Å². The molecule has 0 radical (unpaired) electrons. The standard InChI is InChI=1S/C11H19N3O2/c1-8-7-9(14-10(12)13-8)15-5-6-16-11(2,3)4/h7H,5-6H2,1-4H3,(H2,12,13,14). The predicted octanol–water partition coefficient (Wildman–Crippen LogP) is 1.56. The number of nitrogens with zero attached hydrogens (tertiary/aromatic N) is 2. The van der Waals surface area contributed by atoms with Crippen LogP contribution in [0.2, 0.25) is 0 Å². The molecule has 0 aliphatic carbocycles. The van der Waals surface area contributed by atoms with Gasteiger partial charge >= 0.3 is 0 Å². The molecule has 0 atom stereocenters. The maximum Gasteiger partial charge on any atom is 0.223 e. The highest BCUT2D eigenvalue weighted by Gasteiger charge is 2.09. The molecule has 5 nitrogen and oxygen atoms in total. The minimum atomic E-state index is -0.149. The van der Waals surface area contributed by atoms with Gasteiger partial charge in [-0.05, 0) is 27.7 Å². The Balaban J connectivity index is 2.37. The van der Waals surface area contributed by atoms with Crippen molar-refractivity contribution in [1.29, 1.82) is 0 Å². The Morgan fingerprint density at radius 3 is 2.50 bits per heavy atom. The number of anilines is 1. The van der Waals surface area contributed by atoms with E-state index in [4.69, 9.17) is 15.2 Å². The average Bonchev–Trinajstić information content (AvgIpc) is 2.09. The normalized spacial score (nSPS) is 11.5. The van der Waals surface area contributed by atoms with Crippen LogP contribution in [0.4, 0.5) is 5.95 Å². The number of aromatic nitrogens is 2. The zero-order valence-electron chi connectivity index (χ0n) is 10.3. The summed E-state index contributed by atoms with van der Waals surface area (Å²) in [6.45, 7) is 8.82. The van der Waals surface area contributed by atoms with Crippen LogP contribution in [0.5, 0.6) is 5.88 Å². The van der Waals surface area contributed by atoms with E-state index >= 15 is 0 Å². The van der Waals surface area contributed by atoms with Gasteiger partial charge in [-0.3, -0.25) is 0 Å². The molecule has 0 aromatic carbocycles. The van der Waals surface area contributed by atoms with Crippen molar-refractivity contribution < 1.29 is 9.47 Å². The third-order valence-corrected chi connectivity index (χ3v) is 1.72. The largest absolute Gasteiger partial charge is 0.475 e. The van der Waals surface area contributed by atoms with Gasteiger partial charge in [-0.2, -0.15) is 4.98 Å². The molecular weight excluding hydrogens is 206 g/mol. The summed E-state index contributed by atoms with van der Waals surface area (Å²) in [5.41, 5.74) is 6.14. The zero-order valence-corrected chi connectivity index (χ0v) is 10.3. The highest BCUT2D eigenvalue weighted by Crippen LogP contribution is 2.10. The summed E-state index contributed by atoms with van der Waals surface area (Å²) < 4.78 is 10.9. The quantitative estimate of drug-likeness (QED) is 0.787. The fourth-order valence-corrected chi connectivity index (χ4v) is 1.13. The van der Waals surface area contributed by atoms with E-state index in [0.29, 0.717) is 19.1 Å². The van der Waals surface area contributed by atoms with Gasteiger partial charge in [-0.25, -0.2) is 4.98 Å². The molecule has 5 heteroatoms. The summed E-state index contributed by atoms with van der Waals surface area (Å²) in [7, 11) is 0. The smallest absolute Gasteiger partial charge is 0.223 e. The molecule has 0 spiro atoms. The molecule has 1 aromatic rings. The lowest BCUT2D eigenvalue weighted by Gasteiger charge is -2.19. The molecule has 16 heavy (non-hydrogen) atoms. The lowest BCUT2D eigenvalue weighted by Crippen LogP contribution is -2.22. The Morgan fingerprint density at radius 1 is 1.25 bits per heavy atom. The number of nitrogen functional groups attached to an aromatic ring is 1. The number of hydrogen-bond acceptors (Lipinski definition) is 5. The van der Waals surface area contributed by atoms with Crippen LogP contribution in [-0.2, 0) is 4.74 Å². The lowest BCUT2D eigenvalue weighted by molar-refractivity contribution is -0.0168. The second kappa shape index (κ2) is 5.12. The molecule has 0 aliphatic heterocycles. The van der Waals surface area contributed by atoms with Gasteiger partial charge in [0.05, 0.1) is 12.2 Å². The van der Waals surface area contributed by atoms with E-state index in [2.05, 4.69) is 9.97 Å². The van der Waals surface area contributed by atoms with Crippen molar-refractivity contribution in [3.8, 4) is 5.88 Å². The monoisotopic (exact) mass is 225 g/mol. The van der Waals surface area contributed by atoms with Crippen molar-refractivity contribution in [2.45, 2.75) is 33.3 Å². The summed E-state index contributed by atoms with van der Waals surface area (Å²) in [4.78, 5) is 7.91. The Morgan fingerprint density at radius 2 is 1.94 bits per heavy atom. The summed E-state index contributed by atoms with van der Waals surface area (Å²) in [5, 5.41) is 0. The molecular formula is C11H19N3O2. The van der Waals surface area contributed by atoms with Crippen LogP contribution < -0.4 is 10.5 Å². The number of ether oxygens (including phenoxy) is 2. The van der Waals surface area contributed by atoms with Gasteiger partial charge < -0.3 is 15.2 Å². The van der Waals surface area contributed by atoms with Gasteiger partial charge in [0, 0.05) is 11.8 Å². The van der Waals surface area contributed by atoms with Gasteiger partial charge in [-0.15, -0.1) is 0 Å². The van der Waals surface area contributed by atoms with E-state index in [1.165, 1.54) is 0 Å². The first kappa shape index (κ1) is 12.7. The molecule has 0 amide bonds. The fourth-order valence-electron chi connectivity index (χ4n) is 1.13. The summed E-state index contributed by atoms with van der Waals surface area (Å²) in [6.07, 6.45) is 0. The van der Waals surface area contributed by atoms with Crippen LogP contribution in [0.1, 0.15) is 26.5 Å². The first-order valence-electron chi connectivity index (χ1n) is 5.25. The highest BCUT2D eigenvalue weighted by molar-refractivity contribution is 5.25. The molecule has 0 bridgehead atoms. The van der Waals surface area contributed by atoms with E-state index in [1.807, 2.05) is 27.7 Å². The molecule has 2 N–H and O–H groups in total. The second-order valence-corrected chi connectivity index (χ2v) is 4.52. The van der Waals surface area contributed by atoms with Crippen molar-refractivity contribution in [2.75, 3.05) is 18.9 Å². The molecule has 90 valence electrons. The maximum atomic E-state index is 5.51. The Labute approximate surface area is 96.0 Å². The second-order valence-electron chi connectivity index (χ2n) is 4.52. The van der Waals surface area contributed by atoms with Crippen LogP contribution in [0, 0.1) is 6.92 Å². The fraction of sp³-hybridized carbons (Fsp3) is 0.636. The molecule has 0 saturated heterocycles. The Kier molecular flexibility index (Phi) is 4.06. The van der Waals surface area contributed by atoms with Crippen LogP contribution in [-0.4, -0.2) is 28.8 Å². The van der Waals surface area contributed by atoms with Crippen molar-refractivity contribution in [2.24, 2.45) is 0 Å². The van der Waals surface area contributed by atoms with Crippen molar-refractivity contribution in [1.82, 2.24) is 9.97 Å². The minimum absolute atomic E-state index is 0.149. The van der Waals surface area contributed by atoms with Gasteiger partial charge in [-0.1, -0.05) is 0 Å². The van der Waals surface area contributed by atoms with Crippen molar-refractivity contribution >= 4 is 5.95 Å². The van der Waals surface area contributed by atoms with Gasteiger partial charge in [0.15, 0.2) is 0 Å². The molecule has 0 fully saturated rings. The first-order chi connectivity index (χ1) is 7.37. The Bertz CT molecular complexity index is 327. The van der Waals surface area contributed by atoms with Crippen LogP contribution in [0.25, 0.3) is 0 Å². The van der Waals surface area contributed by atoms with Crippen LogP contribution >= 0.6 is 0 Å². The lowest BCUT2D eigenvalue weighted by atomic mass is 10.2. The molecule has 0 unspecified atom stereocenters. The maximum absolute atomic E-state index is 5.51. The molecule has 0 saturated carbocycles. The van der Waals surface area contributed by atoms with Crippen molar-refractivity contribution in [3.63, 3.8) is 0 Å². The third-order valence-electron chi connectivity index (χ3n) is 1.72. The SMILES string of the molecule is Cc1cc(OCCOC(C)(C)C)nc(N)n1. The van der Waals surface area contributed by atoms with Crippen LogP contribution in [0.3, 0.4) is 0 Å². The van der Waals surface area contributed by atoms with E-state index in [1.54, 1.807) is 6.07 Å². The van der Waals surface area contributed by atoms with Gasteiger partial charge in [0.2, 0.25) is 11.8 Å². The predicted molar refractivity (Wildman–Crippen MR) is 62.4 cm³/mol. The molecule has 0 aliphatic rings. The number of hydrogen-bond donors (Lipinski definition) is 1. The van der Waals surface area contributed by atoms with E-state index in [9.17, 15) is 0 Å². The van der Waals surface area contributed by atoms with E-state index in [-0.39, 0.29) is 11.5 Å². The topological polar surface area (TPSA) is 70.3 Å². The average molecular weight is 225 g/mol. The van der Waals surface area contributed by atoms with Crippen LogP contribution in [0.15, 0.2) is 6.07 Å². The van der Waals surface area contributed by atoms with Gasteiger partial charge in [0.25, 0.3) is 0 Å². The number of aryl methyl sites for hydroxylation is 1. The van der Waals surface area contributed by atoms with Crippen molar-refractivity contribution in [3.05, 3.63) is 11.8 Å². The number of rotatable bonds is 4. The summed E-state index contributed by atoms with van der Waals surface area (Å²) >= 11 is 0. The molecule has 1 heterocycles. The summed E-state index contributed by atoms with van der Waals surface area (Å²) in [6, 6.07) is 1.74. The van der Waals surface area contributed by atoms with E-state index < -0.39 is 0 Å². The first-order valence-corrected chi connectivity index (χ1v) is 5.25. The third kappa shape index (κ3) is 4.93. The zero-order chi connectivity index (χ0) is 12.2. The minimum Gasteiger partial charge on any atom is -0.475 e. The Hall–Kier alpha value is -1.36. The molecule has 1 aromatic heterocycles. The highest BCUT2D eigenvalue weighted by atomic mass is 16.5. The number of nitrogens with two attached hydrogens (primary N) is 1. The summed E-state index contributed by atoms with van der Waals surface area (Å²) in [5.74, 6) is 0.717. The van der Waals surface area contributed by atoms with E-state index in [0.717, 1.165) is 5.69 Å². The molecule has 1 rings (SSSR count).